The van der Waals surface area contributed by atoms with E-state index in [4.69, 9.17) is 21.7 Å². The topological polar surface area (TPSA) is 347 Å². The molecule has 0 aliphatic heterocycles. The van der Waals surface area contributed by atoms with Crippen LogP contribution in [0.15, 0.2) is 30.3 Å². The Morgan fingerprint density at radius 3 is 1.63 bits per heavy atom. The van der Waals surface area contributed by atoms with E-state index in [-0.39, 0.29) is 19.3 Å². The van der Waals surface area contributed by atoms with Crippen molar-refractivity contribution < 1.29 is 58.2 Å². The van der Waals surface area contributed by atoms with Gasteiger partial charge in [0.2, 0.25) is 47.3 Å². The quantitative estimate of drug-likeness (QED) is 0.0504. The van der Waals surface area contributed by atoms with Gasteiger partial charge in [-0.2, -0.15) is 0 Å². The first-order valence-electron chi connectivity index (χ1n) is 15.5. The van der Waals surface area contributed by atoms with Crippen LogP contribution >= 0.6 is 0 Å². The SMILES string of the molecule is CCC(N)C(=O)NC(CCC(=O)O)C(=O)NCC(=O)NCC(=O)NCC(=O)NC(Cc1ccccc1)C(=O)NCC(=O)N[C@@H](CC(=O)O)C(N)=O. The summed E-state index contributed by atoms with van der Waals surface area (Å²) in [5, 5.41) is 33.6. The van der Waals surface area contributed by atoms with Crippen molar-refractivity contribution >= 4 is 59.2 Å². The number of carbonyl (C=O) groups is 10. The molecule has 21 nitrogen and oxygen atoms in total. The fraction of sp³-hybridized carbons (Fsp3) is 0.467. The Morgan fingerprint density at radius 2 is 1.12 bits per heavy atom. The fourth-order valence-electron chi connectivity index (χ4n) is 4.01. The van der Waals surface area contributed by atoms with Gasteiger partial charge in [-0.05, 0) is 18.4 Å². The van der Waals surface area contributed by atoms with Crippen LogP contribution in [0, 0.1) is 0 Å². The number of primary amides is 1. The highest BCUT2D eigenvalue weighted by molar-refractivity contribution is 5.95. The maximum absolute atomic E-state index is 12.9. The molecule has 8 amide bonds. The standard InChI is InChI=1S/C30H43N9O12/c1-2-17(31)28(49)39-18(8-9-25(44)45)29(50)35-13-22(41)33-12-21(40)34-14-23(42)38-20(10-16-6-4-3-5-7-16)30(51)36-15-24(43)37-19(27(32)48)11-26(46)47/h3-7,17-20H,2,8-15,31H2,1H3,(H2,32,48)(H,33,41)(H,34,40)(H,35,50)(H,36,51)(H,37,43)(H,38,42)(H,39,49)(H,44,45)(H,46,47)/t17?,18?,19-,20?/m0/s1. The summed E-state index contributed by atoms with van der Waals surface area (Å²) in [6, 6.07) is 3.44. The second-order valence-corrected chi connectivity index (χ2v) is 10.9. The van der Waals surface area contributed by atoms with Gasteiger partial charge in [-0.3, -0.25) is 47.9 Å². The number of carbonyl (C=O) groups excluding carboxylic acids is 8. The van der Waals surface area contributed by atoms with Crippen LogP contribution < -0.4 is 48.7 Å². The summed E-state index contributed by atoms with van der Waals surface area (Å²) in [5.41, 5.74) is 11.3. The lowest BCUT2D eigenvalue weighted by molar-refractivity contribution is -0.140. The van der Waals surface area contributed by atoms with Crippen LogP contribution in [-0.2, 0) is 54.4 Å². The number of hydrogen-bond acceptors (Lipinski definition) is 11. The molecule has 280 valence electrons. The first kappa shape index (κ1) is 42.9. The normalized spacial score (nSPS) is 12.7. The zero-order valence-electron chi connectivity index (χ0n) is 27.7. The second-order valence-electron chi connectivity index (χ2n) is 10.9. The number of aliphatic carboxylic acids is 2. The molecule has 51 heavy (non-hydrogen) atoms. The number of hydrogen-bond donors (Lipinski definition) is 11. The van der Waals surface area contributed by atoms with Gasteiger partial charge in [0.15, 0.2) is 0 Å². The Hall–Kier alpha value is -6.12. The number of rotatable bonds is 23. The molecule has 0 saturated carbocycles. The maximum Gasteiger partial charge on any atom is 0.305 e. The predicted molar refractivity (Wildman–Crippen MR) is 175 cm³/mol. The Bertz CT molecular complexity index is 1440. The highest BCUT2D eigenvalue weighted by atomic mass is 16.4. The minimum Gasteiger partial charge on any atom is -0.481 e. The van der Waals surface area contributed by atoms with Gasteiger partial charge in [0.05, 0.1) is 38.6 Å². The van der Waals surface area contributed by atoms with Crippen LogP contribution in [0.1, 0.15) is 38.2 Å². The first-order chi connectivity index (χ1) is 24.0. The molecule has 0 saturated heterocycles. The van der Waals surface area contributed by atoms with E-state index in [2.05, 4.69) is 37.2 Å². The molecule has 3 unspecified atom stereocenters. The number of amides is 8. The summed E-state index contributed by atoms with van der Waals surface area (Å²) in [6.45, 7) is -0.945. The van der Waals surface area contributed by atoms with Crippen molar-refractivity contribution in [3.63, 3.8) is 0 Å². The molecular weight excluding hydrogens is 678 g/mol. The molecule has 0 aromatic heterocycles. The van der Waals surface area contributed by atoms with E-state index in [0.29, 0.717) is 5.56 Å². The molecule has 1 aromatic rings. The summed E-state index contributed by atoms with van der Waals surface area (Å²) < 4.78 is 0. The number of benzene rings is 1. The van der Waals surface area contributed by atoms with Crippen molar-refractivity contribution in [1.82, 2.24) is 37.2 Å². The average Bonchev–Trinajstić information content (AvgIpc) is 3.08. The summed E-state index contributed by atoms with van der Waals surface area (Å²) in [4.78, 5) is 120. The molecule has 0 fully saturated rings. The Labute approximate surface area is 291 Å². The van der Waals surface area contributed by atoms with Gasteiger partial charge in [0.25, 0.3) is 0 Å². The molecule has 0 aliphatic carbocycles. The second kappa shape index (κ2) is 22.5. The Morgan fingerprint density at radius 1 is 0.627 bits per heavy atom. The van der Waals surface area contributed by atoms with Gasteiger partial charge in [-0.1, -0.05) is 37.3 Å². The molecule has 0 heterocycles. The van der Waals surface area contributed by atoms with Gasteiger partial charge in [-0.25, -0.2) is 0 Å². The molecule has 1 aromatic carbocycles. The Kier molecular flexibility index (Phi) is 18.9. The minimum atomic E-state index is -1.52. The van der Waals surface area contributed by atoms with Crippen molar-refractivity contribution in [1.29, 1.82) is 0 Å². The number of nitrogens with two attached hydrogens (primary N) is 2. The Balaban J connectivity index is 2.66. The minimum absolute atomic E-state index is 0.0368. The van der Waals surface area contributed by atoms with Crippen LogP contribution in [0.5, 0.6) is 0 Å². The number of carboxylic acids is 2. The van der Waals surface area contributed by atoms with Crippen molar-refractivity contribution in [2.75, 3.05) is 26.2 Å². The maximum atomic E-state index is 12.9. The zero-order chi connectivity index (χ0) is 38.5. The highest BCUT2D eigenvalue weighted by Gasteiger charge is 2.26. The summed E-state index contributed by atoms with van der Waals surface area (Å²) in [6.07, 6.45) is -1.28. The van der Waals surface area contributed by atoms with Crippen LogP contribution in [0.4, 0.5) is 0 Å². The van der Waals surface area contributed by atoms with E-state index in [1.165, 1.54) is 0 Å². The zero-order valence-corrected chi connectivity index (χ0v) is 27.7. The van der Waals surface area contributed by atoms with E-state index in [1.54, 1.807) is 37.3 Å². The molecule has 13 N–H and O–H groups in total. The van der Waals surface area contributed by atoms with Gasteiger partial charge in [-0.15, -0.1) is 0 Å². The van der Waals surface area contributed by atoms with Crippen LogP contribution in [0.3, 0.4) is 0 Å². The van der Waals surface area contributed by atoms with E-state index in [0.717, 1.165) is 0 Å². The molecule has 0 bridgehead atoms. The highest BCUT2D eigenvalue weighted by Crippen LogP contribution is 2.04. The molecule has 21 heteroatoms. The lowest BCUT2D eigenvalue weighted by Crippen LogP contribution is -2.54. The molecule has 4 atom stereocenters. The van der Waals surface area contributed by atoms with Gasteiger partial charge >= 0.3 is 11.9 Å². The smallest absolute Gasteiger partial charge is 0.305 e. The first-order valence-corrected chi connectivity index (χ1v) is 15.5. The third-order valence-corrected chi connectivity index (χ3v) is 6.79. The molecular formula is C30H43N9O12. The van der Waals surface area contributed by atoms with Crippen LogP contribution in [-0.4, -0.2) is 120 Å². The van der Waals surface area contributed by atoms with Crippen LogP contribution in [0.2, 0.25) is 0 Å². The largest absolute Gasteiger partial charge is 0.481 e. The third-order valence-electron chi connectivity index (χ3n) is 6.79. The molecule has 0 radical (unpaired) electrons. The van der Waals surface area contributed by atoms with Crippen molar-refractivity contribution in [2.24, 2.45) is 11.5 Å². The van der Waals surface area contributed by atoms with Crippen molar-refractivity contribution in [3.8, 4) is 0 Å². The molecule has 1 rings (SSSR count). The van der Waals surface area contributed by atoms with E-state index in [1.807, 2.05) is 0 Å². The monoisotopic (exact) mass is 721 g/mol. The van der Waals surface area contributed by atoms with Gasteiger partial charge in [0.1, 0.15) is 18.1 Å². The van der Waals surface area contributed by atoms with Gasteiger partial charge in [0, 0.05) is 12.8 Å². The van der Waals surface area contributed by atoms with E-state index in [9.17, 15) is 47.9 Å². The summed E-state index contributed by atoms with van der Waals surface area (Å²) >= 11 is 0. The van der Waals surface area contributed by atoms with Crippen molar-refractivity contribution in [3.05, 3.63) is 35.9 Å². The predicted octanol–water partition coefficient (Wildman–Crippen LogP) is -5.29. The summed E-state index contributed by atoms with van der Waals surface area (Å²) in [5.74, 6) is -9.47. The van der Waals surface area contributed by atoms with E-state index < -0.39 is 122 Å². The molecule has 0 aliphatic rings. The van der Waals surface area contributed by atoms with E-state index >= 15 is 0 Å². The fourth-order valence-corrected chi connectivity index (χ4v) is 4.01. The lowest BCUT2D eigenvalue weighted by atomic mass is 10.1. The average molecular weight is 722 g/mol. The number of nitrogens with one attached hydrogen (secondary N) is 7. The lowest BCUT2D eigenvalue weighted by Gasteiger charge is -2.20. The van der Waals surface area contributed by atoms with Crippen LogP contribution in [0.25, 0.3) is 0 Å². The molecule has 0 spiro atoms. The summed E-state index contributed by atoms with van der Waals surface area (Å²) in [7, 11) is 0. The number of carboxylic acid groups (broad SMARTS) is 2. The third kappa shape index (κ3) is 18.3. The van der Waals surface area contributed by atoms with Crippen molar-refractivity contribution in [2.45, 2.75) is 63.2 Å². The van der Waals surface area contributed by atoms with Gasteiger partial charge < -0.3 is 58.9 Å².